The van der Waals surface area contributed by atoms with Crippen LogP contribution in [0.2, 0.25) is 0 Å². The highest BCUT2D eigenvalue weighted by atomic mass is 35.7. The molecule has 0 aliphatic carbocycles. The summed E-state index contributed by atoms with van der Waals surface area (Å²) in [5, 5.41) is 0. The van der Waals surface area contributed by atoms with Crippen molar-refractivity contribution in [3.63, 3.8) is 0 Å². The predicted octanol–water partition coefficient (Wildman–Crippen LogP) is 2.73. The smallest absolute Gasteiger partial charge is 0.0361 e. The third-order valence-electron chi connectivity index (χ3n) is 0.960. The third-order valence-corrected chi connectivity index (χ3v) is 3.21. The van der Waals surface area contributed by atoms with Crippen LogP contribution < -0.4 is 4.84 Å². The van der Waals surface area contributed by atoms with Gasteiger partial charge in [-0.3, -0.25) is 0 Å². The number of halogens is 2. The highest BCUT2D eigenvalue weighted by molar-refractivity contribution is 8.50. The molecule has 0 aliphatic rings. The molecule has 0 heterocycles. The number of hydrogen-bond acceptors (Lipinski definition) is 1. The van der Waals surface area contributed by atoms with Crippen molar-refractivity contribution < 1.29 is 0 Å². The molecule has 0 amide bonds. The van der Waals surface area contributed by atoms with Gasteiger partial charge in [0, 0.05) is 11.3 Å². The van der Waals surface area contributed by atoms with Crippen LogP contribution in [0.15, 0.2) is 0 Å². The minimum Gasteiger partial charge on any atom is -0.227 e. The Labute approximate surface area is 74.4 Å². The SMILES string of the molecule is CC(C)(CS(C)(C)Cl)NCl. The molecule has 64 valence electrons. The van der Waals surface area contributed by atoms with Gasteiger partial charge in [-0.25, -0.2) is 4.84 Å². The molecule has 10 heavy (non-hydrogen) atoms. The quantitative estimate of drug-likeness (QED) is 0.697. The summed E-state index contributed by atoms with van der Waals surface area (Å²) in [6.45, 7) is 4.08. The summed E-state index contributed by atoms with van der Waals surface area (Å²) in [5.41, 5.74) is -0.0534. The molecule has 1 nitrogen and oxygen atoms in total. The first-order valence-corrected chi connectivity index (χ1v) is 6.87. The molecule has 4 heteroatoms. The maximum Gasteiger partial charge on any atom is 0.0361 e. The highest BCUT2D eigenvalue weighted by Gasteiger charge is 2.22. The van der Waals surface area contributed by atoms with Gasteiger partial charge < -0.3 is 0 Å². The Bertz CT molecular complexity index is 109. The zero-order chi connectivity index (χ0) is 8.41. The molecule has 0 bridgehead atoms. The van der Waals surface area contributed by atoms with Crippen LogP contribution >= 0.6 is 31.7 Å². The summed E-state index contributed by atoms with van der Waals surface area (Å²) in [4.78, 5) is 2.71. The van der Waals surface area contributed by atoms with E-state index < -0.39 is 9.24 Å². The first-order valence-electron chi connectivity index (χ1n) is 3.05. The Morgan fingerprint density at radius 3 is 1.90 bits per heavy atom. The van der Waals surface area contributed by atoms with E-state index in [2.05, 4.69) is 17.3 Å². The summed E-state index contributed by atoms with van der Waals surface area (Å²) in [6, 6.07) is 0. The van der Waals surface area contributed by atoms with Gasteiger partial charge in [0.2, 0.25) is 0 Å². The Kier molecular flexibility index (Phi) is 3.84. The van der Waals surface area contributed by atoms with Crippen molar-refractivity contribution in [2.24, 2.45) is 0 Å². The first kappa shape index (κ1) is 10.9. The molecule has 1 N–H and O–H groups in total. The van der Waals surface area contributed by atoms with Gasteiger partial charge >= 0.3 is 0 Å². The van der Waals surface area contributed by atoms with Crippen molar-refractivity contribution in [3.8, 4) is 0 Å². The lowest BCUT2D eigenvalue weighted by atomic mass is 10.1. The summed E-state index contributed by atoms with van der Waals surface area (Å²) >= 11 is 5.50. The minimum atomic E-state index is -0.969. The minimum absolute atomic E-state index is 0.0534. The van der Waals surface area contributed by atoms with E-state index in [1.165, 1.54) is 0 Å². The van der Waals surface area contributed by atoms with Gasteiger partial charge in [0.25, 0.3) is 0 Å². The van der Waals surface area contributed by atoms with E-state index in [0.29, 0.717) is 0 Å². The second-order valence-corrected chi connectivity index (χ2v) is 9.32. The van der Waals surface area contributed by atoms with E-state index in [4.69, 9.17) is 22.5 Å². The molecule has 0 aromatic heterocycles. The van der Waals surface area contributed by atoms with E-state index in [-0.39, 0.29) is 5.54 Å². The number of hydrogen-bond donors (Lipinski definition) is 1. The lowest BCUT2D eigenvalue weighted by Gasteiger charge is -2.32. The van der Waals surface area contributed by atoms with Crippen molar-refractivity contribution in [2.75, 3.05) is 18.3 Å². The molecule has 0 spiro atoms. The standard InChI is InChI=1S/C6H15Cl2NS/c1-6(2,9-7)5-10(3,4)8/h9H,5H2,1-4H3. The van der Waals surface area contributed by atoms with Crippen LogP contribution in [-0.4, -0.2) is 23.8 Å². The van der Waals surface area contributed by atoms with Crippen LogP contribution in [0, 0.1) is 0 Å². The second kappa shape index (κ2) is 3.53. The summed E-state index contributed by atoms with van der Waals surface area (Å²) in [6.07, 6.45) is 4.12. The third kappa shape index (κ3) is 5.66. The molecule has 0 aromatic rings. The van der Waals surface area contributed by atoms with Crippen LogP contribution in [0.1, 0.15) is 13.8 Å². The first-order chi connectivity index (χ1) is 4.27. The molecular weight excluding hydrogens is 189 g/mol. The van der Waals surface area contributed by atoms with Crippen LogP contribution in [0.5, 0.6) is 0 Å². The molecule has 0 saturated carbocycles. The number of nitrogens with one attached hydrogen (secondary N) is 1. The van der Waals surface area contributed by atoms with E-state index in [0.717, 1.165) is 5.75 Å². The van der Waals surface area contributed by atoms with Crippen LogP contribution in [0.25, 0.3) is 0 Å². The highest BCUT2D eigenvalue weighted by Crippen LogP contribution is 2.47. The predicted molar refractivity (Wildman–Crippen MR) is 53.2 cm³/mol. The average Bonchev–Trinajstić information content (AvgIpc) is 1.60. The van der Waals surface area contributed by atoms with Crippen LogP contribution in [-0.2, 0) is 0 Å². The van der Waals surface area contributed by atoms with E-state index >= 15 is 0 Å². The van der Waals surface area contributed by atoms with Crippen molar-refractivity contribution in [1.82, 2.24) is 4.84 Å². The van der Waals surface area contributed by atoms with E-state index in [1.54, 1.807) is 0 Å². The Hall–Kier alpha value is 0.890. The topological polar surface area (TPSA) is 12.0 Å². The largest absolute Gasteiger partial charge is 0.227 e. The van der Waals surface area contributed by atoms with Gasteiger partial charge in [-0.05, 0) is 38.1 Å². The zero-order valence-corrected chi connectivity index (χ0v) is 9.20. The van der Waals surface area contributed by atoms with Crippen molar-refractivity contribution in [3.05, 3.63) is 0 Å². The molecule has 0 unspecified atom stereocenters. The van der Waals surface area contributed by atoms with Gasteiger partial charge in [0.15, 0.2) is 0 Å². The lowest BCUT2D eigenvalue weighted by Crippen LogP contribution is -2.37. The fourth-order valence-electron chi connectivity index (χ4n) is 0.885. The molecule has 0 aliphatic heterocycles. The summed E-state index contributed by atoms with van der Waals surface area (Å²) in [7, 11) is 5.11. The number of rotatable bonds is 3. The molecule has 0 saturated heterocycles. The van der Waals surface area contributed by atoms with Gasteiger partial charge in [0.1, 0.15) is 0 Å². The van der Waals surface area contributed by atoms with Crippen LogP contribution in [0.3, 0.4) is 0 Å². The lowest BCUT2D eigenvalue weighted by molar-refractivity contribution is 0.538. The fraction of sp³-hybridized carbons (Fsp3) is 1.00. The Balaban J connectivity index is 3.89. The van der Waals surface area contributed by atoms with Crippen molar-refractivity contribution >= 4 is 31.7 Å². The molecule has 0 atom stereocenters. The Morgan fingerprint density at radius 1 is 1.40 bits per heavy atom. The molecule has 0 aromatic carbocycles. The van der Waals surface area contributed by atoms with E-state index in [1.807, 2.05) is 13.8 Å². The molecular formula is C6H15Cl2NS. The van der Waals surface area contributed by atoms with E-state index in [9.17, 15) is 0 Å². The molecule has 0 rings (SSSR count). The summed E-state index contributed by atoms with van der Waals surface area (Å²) < 4.78 is 0. The Morgan fingerprint density at radius 2 is 1.80 bits per heavy atom. The summed E-state index contributed by atoms with van der Waals surface area (Å²) in [5.74, 6) is 0.922. The second-order valence-electron chi connectivity index (χ2n) is 3.53. The maximum absolute atomic E-state index is 6.08. The van der Waals surface area contributed by atoms with Crippen LogP contribution in [0.4, 0.5) is 0 Å². The zero-order valence-electron chi connectivity index (χ0n) is 6.87. The van der Waals surface area contributed by atoms with Gasteiger partial charge in [-0.1, -0.05) is 10.7 Å². The van der Waals surface area contributed by atoms with Crippen molar-refractivity contribution in [2.45, 2.75) is 19.4 Å². The average molecular weight is 204 g/mol. The fourth-order valence-corrected chi connectivity index (χ4v) is 3.64. The molecule has 0 fully saturated rings. The molecule has 0 radical (unpaired) electrons. The van der Waals surface area contributed by atoms with Gasteiger partial charge in [-0.15, -0.1) is 0 Å². The van der Waals surface area contributed by atoms with Gasteiger partial charge in [-0.2, -0.15) is 9.24 Å². The normalized spacial score (nSPS) is 15.4. The maximum atomic E-state index is 6.08. The van der Waals surface area contributed by atoms with Crippen molar-refractivity contribution in [1.29, 1.82) is 0 Å². The van der Waals surface area contributed by atoms with Gasteiger partial charge in [0.05, 0.1) is 0 Å². The monoisotopic (exact) mass is 203 g/mol.